The van der Waals surface area contributed by atoms with Crippen LogP contribution in [0.1, 0.15) is 48.9 Å². The first-order chi connectivity index (χ1) is 15.9. The Hall–Kier alpha value is -2.91. The number of pyridine rings is 1. The van der Waals surface area contributed by atoms with Crippen LogP contribution in [-0.4, -0.2) is 31.9 Å². The van der Waals surface area contributed by atoms with Gasteiger partial charge in [0.05, 0.1) is 12.4 Å². The number of hydrogen-bond donors (Lipinski definition) is 2. The summed E-state index contributed by atoms with van der Waals surface area (Å²) < 4.78 is 38.5. The van der Waals surface area contributed by atoms with Crippen LogP contribution >= 0.6 is 0 Å². The second-order valence-electron chi connectivity index (χ2n) is 8.50. The molecule has 2 aromatic rings. The standard InChI is InChI=1S/C24H29N3O5S/c1-17(20-7-5-8-22(13-20)31-15-18-9-10-18)27-33(29,30)11-4-2-3-6-19-12-21-16-32-24(28)26-23(21)25-14-19/h2-3,5,7-8,12-14,17-18,27H,4,6,9-11,15-16H2,1H3,(H,25,26,28). The van der Waals surface area contributed by atoms with Crippen LogP contribution in [0, 0.1) is 5.92 Å². The van der Waals surface area contributed by atoms with E-state index in [0.29, 0.717) is 24.6 Å². The Labute approximate surface area is 194 Å². The molecule has 0 saturated heterocycles. The zero-order chi connectivity index (χ0) is 23.3. The van der Waals surface area contributed by atoms with Gasteiger partial charge in [-0.3, -0.25) is 5.32 Å². The van der Waals surface area contributed by atoms with Crippen LogP contribution in [-0.2, 0) is 27.8 Å². The molecule has 1 aromatic carbocycles. The van der Waals surface area contributed by atoms with Gasteiger partial charge in [0.25, 0.3) is 0 Å². The molecule has 1 amide bonds. The molecule has 1 fully saturated rings. The number of aromatic nitrogens is 1. The normalized spacial score (nSPS) is 16.7. The number of anilines is 1. The number of allylic oxidation sites excluding steroid dienone is 2. The fourth-order valence-electron chi connectivity index (χ4n) is 3.50. The van der Waals surface area contributed by atoms with Crippen LogP contribution in [0.2, 0.25) is 0 Å². The van der Waals surface area contributed by atoms with Gasteiger partial charge in [-0.2, -0.15) is 0 Å². The summed E-state index contributed by atoms with van der Waals surface area (Å²) in [4.78, 5) is 15.4. The summed E-state index contributed by atoms with van der Waals surface area (Å²) in [6.45, 7) is 2.76. The number of benzene rings is 1. The monoisotopic (exact) mass is 471 g/mol. The quantitative estimate of drug-likeness (QED) is 0.478. The first-order valence-electron chi connectivity index (χ1n) is 11.2. The molecule has 4 rings (SSSR count). The smallest absolute Gasteiger partial charge is 0.413 e. The number of carbonyl (C=O) groups excluding carboxylic acids is 1. The zero-order valence-electron chi connectivity index (χ0n) is 18.6. The fraction of sp³-hybridized carbons (Fsp3) is 0.417. The molecule has 1 aliphatic carbocycles. The third-order valence-electron chi connectivity index (χ3n) is 5.57. The van der Waals surface area contributed by atoms with E-state index in [0.717, 1.165) is 29.0 Å². The highest BCUT2D eigenvalue weighted by Gasteiger charge is 2.22. The number of sulfonamides is 1. The number of carbonyl (C=O) groups is 1. The van der Waals surface area contributed by atoms with E-state index in [9.17, 15) is 13.2 Å². The lowest BCUT2D eigenvalue weighted by molar-refractivity contribution is 0.151. The van der Waals surface area contributed by atoms with Gasteiger partial charge in [-0.25, -0.2) is 22.9 Å². The predicted molar refractivity (Wildman–Crippen MR) is 126 cm³/mol. The molecule has 0 bridgehead atoms. The lowest BCUT2D eigenvalue weighted by atomic mass is 10.1. The Morgan fingerprint density at radius 1 is 1.30 bits per heavy atom. The van der Waals surface area contributed by atoms with E-state index >= 15 is 0 Å². The number of cyclic esters (lactones) is 1. The molecule has 1 aromatic heterocycles. The molecule has 2 heterocycles. The van der Waals surface area contributed by atoms with E-state index in [1.807, 2.05) is 49.4 Å². The number of ether oxygens (including phenoxy) is 2. The molecule has 33 heavy (non-hydrogen) atoms. The number of hydrogen-bond acceptors (Lipinski definition) is 6. The maximum absolute atomic E-state index is 12.5. The molecule has 1 atom stereocenters. The summed E-state index contributed by atoms with van der Waals surface area (Å²) in [7, 11) is -3.43. The molecule has 1 saturated carbocycles. The number of amides is 1. The Morgan fingerprint density at radius 3 is 2.97 bits per heavy atom. The third-order valence-corrected chi connectivity index (χ3v) is 7.06. The maximum Gasteiger partial charge on any atom is 0.413 e. The zero-order valence-corrected chi connectivity index (χ0v) is 19.4. The van der Waals surface area contributed by atoms with E-state index in [-0.39, 0.29) is 18.4 Å². The van der Waals surface area contributed by atoms with Crippen LogP contribution < -0.4 is 14.8 Å². The molecule has 0 spiro atoms. The van der Waals surface area contributed by atoms with Crippen molar-refractivity contribution < 1.29 is 22.7 Å². The van der Waals surface area contributed by atoms with Crippen LogP contribution in [0.4, 0.5) is 10.6 Å². The Kier molecular flexibility index (Phi) is 7.29. The fourth-order valence-corrected chi connectivity index (χ4v) is 4.74. The first kappa shape index (κ1) is 23.3. The highest BCUT2D eigenvalue weighted by atomic mass is 32.2. The lowest BCUT2D eigenvalue weighted by Gasteiger charge is -2.16. The lowest BCUT2D eigenvalue weighted by Crippen LogP contribution is -2.29. The van der Waals surface area contributed by atoms with Gasteiger partial charge in [0.2, 0.25) is 10.0 Å². The molecule has 2 aliphatic rings. The van der Waals surface area contributed by atoms with Crippen LogP contribution in [0.25, 0.3) is 0 Å². The van der Waals surface area contributed by atoms with Crippen molar-refractivity contribution in [1.82, 2.24) is 9.71 Å². The number of nitrogens with one attached hydrogen (secondary N) is 2. The van der Waals surface area contributed by atoms with E-state index in [1.54, 1.807) is 6.20 Å². The van der Waals surface area contributed by atoms with Gasteiger partial charge in [-0.1, -0.05) is 24.3 Å². The van der Waals surface area contributed by atoms with Gasteiger partial charge in [0.15, 0.2) is 0 Å². The Morgan fingerprint density at radius 2 is 2.15 bits per heavy atom. The van der Waals surface area contributed by atoms with Gasteiger partial charge in [0.1, 0.15) is 18.2 Å². The van der Waals surface area contributed by atoms with Crippen LogP contribution in [0.3, 0.4) is 0 Å². The van der Waals surface area contributed by atoms with Crippen molar-refractivity contribution in [1.29, 1.82) is 0 Å². The highest BCUT2D eigenvalue weighted by Crippen LogP contribution is 2.30. The highest BCUT2D eigenvalue weighted by molar-refractivity contribution is 7.89. The summed E-state index contributed by atoms with van der Waals surface area (Å²) >= 11 is 0. The average molecular weight is 472 g/mol. The molecule has 1 aliphatic heterocycles. The van der Waals surface area contributed by atoms with Crippen LogP contribution in [0.15, 0.2) is 48.7 Å². The van der Waals surface area contributed by atoms with Gasteiger partial charge >= 0.3 is 6.09 Å². The molecular formula is C24H29N3O5S. The van der Waals surface area contributed by atoms with Crippen molar-refractivity contribution in [2.24, 2.45) is 5.92 Å². The molecule has 0 radical (unpaired) electrons. The SMILES string of the molecule is CC(NS(=O)(=O)CCC=CCc1cnc2c(c1)COC(=O)N2)c1cccc(OCC2CC2)c1. The summed E-state index contributed by atoms with van der Waals surface area (Å²) in [5.41, 5.74) is 2.66. The molecule has 8 nitrogen and oxygen atoms in total. The van der Waals surface area contributed by atoms with E-state index in [4.69, 9.17) is 9.47 Å². The molecule has 1 unspecified atom stereocenters. The third kappa shape index (κ3) is 7.03. The topological polar surface area (TPSA) is 107 Å². The van der Waals surface area contributed by atoms with Crippen molar-refractivity contribution in [3.05, 3.63) is 65.4 Å². The summed E-state index contributed by atoms with van der Waals surface area (Å²) in [6.07, 6.45) is 8.44. The largest absolute Gasteiger partial charge is 0.493 e. The molecule has 9 heteroatoms. The predicted octanol–water partition coefficient (Wildman–Crippen LogP) is 4.10. The second-order valence-corrected chi connectivity index (χ2v) is 10.4. The van der Waals surface area contributed by atoms with Gasteiger partial charge < -0.3 is 9.47 Å². The summed E-state index contributed by atoms with van der Waals surface area (Å²) in [5, 5.41) is 2.55. The van der Waals surface area contributed by atoms with E-state index in [1.165, 1.54) is 12.8 Å². The average Bonchev–Trinajstić information content (AvgIpc) is 3.62. The van der Waals surface area contributed by atoms with Crippen molar-refractivity contribution in [2.75, 3.05) is 17.7 Å². The molecule has 176 valence electrons. The van der Waals surface area contributed by atoms with Crippen LogP contribution in [0.5, 0.6) is 5.75 Å². The Bertz CT molecular complexity index is 1130. The minimum atomic E-state index is -3.43. The molecular weight excluding hydrogens is 442 g/mol. The minimum Gasteiger partial charge on any atom is -0.493 e. The number of nitrogens with zero attached hydrogens (tertiary/aromatic N) is 1. The number of rotatable bonds is 11. The Balaban J connectivity index is 1.23. The minimum absolute atomic E-state index is 0.00796. The maximum atomic E-state index is 12.5. The van der Waals surface area contributed by atoms with Crippen molar-refractivity contribution in [3.8, 4) is 5.75 Å². The second kappa shape index (κ2) is 10.4. The van der Waals surface area contributed by atoms with Gasteiger partial charge in [-0.05, 0) is 67.9 Å². The first-order valence-corrected chi connectivity index (χ1v) is 12.8. The van der Waals surface area contributed by atoms with Gasteiger partial charge in [-0.15, -0.1) is 0 Å². The van der Waals surface area contributed by atoms with E-state index < -0.39 is 16.1 Å². The molecule has 2 N–H and O–H groups in total. The number of fused-ring (bicyclic) bond motifs is 1. The van der Waals surface area contributed by atoms with E-state index in [2.05, 4.69) is 15.0 Å². The van der Waals surface area contributed by atoms with Gasteiger partial charge in [0, 0.05) is 17.8 Å². The van der Waals surface area contributed by atoms with Crippen molar-refractivity contribution >= 4 is 21.9 Å². The van der Waals surface area contributed by atoms with Crippen molar-refractivity contribution in [3.63, 3.8) is 0 Å². The summed E-state index contributed by atoms with van der Waals surface area (Å²) in [6, 6.07) is 9.18. The van der Waals surface area contributed by atoms with Crippen molar-refractivity contribution in [2.45, 2.75) is 45.3 Å². The summed E-state index contributed by atoms with van der Waals surface area (Å²) in [5.74, 6) is 1.97.